The van der Waals surface area contributed by atoms with Crippen molar-refractivity contribution in [1.29, 1.82) is 0 Å². The minimum atomic E-state index is -4.09. The van der Waals surface area contributed by atoms with Gasteiger partial charge < -0.3 is 10.2 Å². The highest BCUT2D eigenvalue weighted by molar-refractivity contribution is 9.10. The second-order valence-corrected chi connectivity index (χ2v) is 11.2. The molecule has 0 aliphatic carbocycles. The standard InChI is InChI=1S/C23H30BrFN4O4S/c1-16(2)26-23(31)17(3)28(14-18-7-6-8-19(24)13-18)22(30)15-29(34(32,33)27(4)5)21-11-9-20(25)10-12-21/h6-13,16-17H,14-15H2,1-5H3,(H,26,31)/t17-/m0/s1. The first kappa shape index (κ1) is 27.7. The van der Waals surface area contributed by atoms with E-state index in [1.807, 2.05) is 38.1 Å². The topological polar surface area (TPSA) is 90.0 Å². The summed E-state index contributed by atoms with van der Waals surface area (Å²) in [5.41, 5.74) is 0.890. The molecule has 0 saturated heterocycles. The maximum absolute atomic E-state index is 13.5. The summed E-state index contributed by atoms with van der Waals surface area (Å²) in [6, 6.07) is 11.1. The number of benzene rings is 2. The second-order valence-electron chi connectivity index (χ2n) is 8.26. The Balaban J connectivity index is 2.45. The van der Waals surface area contributed by atoms with Crippen molar-refractivity contribution >= 4 is 43.6 Å². The minimum Gasteiger partial charge on any atom is -0.352 e. The molecule has 1 atom stereocenters. The van der Waals surface area contributed by atoms with Crippen molar-refractivity contribution < 1.29 is 22.4 Å². The van der Waals surface area contributed by atoms with Gasteiger partial charge in [-0.05, 0) is 62.7 Å². The molecule has 2 amide bonds. The first-order valence-electron chi connectivity index (χ1n) is 10.6. The smallest absolute Gasteiger partial charge is 0.304 e. The summed E-state index contributed by atoms with van der Waals surface area (Å²) in [6.07, 6.45) is 0. The lowest BCUT2D eigenvalue weighted by Crippen LogP contribution is -2.53. The number of anilines is 1. The molecule has 0 unspecified atom stereocenters. The van der Waals surface area contributed by atoms with E-state index in [2.05, 4.69) is 21.2 Å². The Morgan fingerprint density at radius 3 is 2.21 bits per heavy atom. The highest BCUT2D eigenvalue weighted by atomic mass is 79.9. The third-order valence-corrected chi connectivity index (χ3v) is 7.29. The number of hydrogen-bond donors (Lipinski definition) is 1. The van der Waals surface area contributed by atoms with Crippen molar-refractivity contribution in [3.63, 3.8) is 0 Å². The zero-order chi connectivity index (χ0) is 25.6. The summed E-state index contributed by atoms with van der Waals surface area (Å²) in [4.78, 5) is 27.6. The Hall–Kier alpha value is -2.50. The Morgan fingerprint density at radius 1 is 1.06 bits per heavy atom. The van der Waals surface area contributed by atoms with Gasteiger partial charge in [0.25, 0.3) is 0 Å². The summed E-state index contributed by atoms with van der Waals surface area (Å²) in [5.74, 6) is -1.48. The molecule has 0 aliphatic rings. The highest BCUT2D eigenvalue weighted by Gasteiger charge is 2.32. The van der Waals surface area contributed by atoms with Crippen LogP contribution in [0.1, 0.15) is 26.3 Å². The van der Waals surface area contributed by atoms with Gasteiger partial charge in [0.2, 0.25) is 11.8 Å². The van der Waals surface area contributed by atoms with Crippen LogP contribution < -0.4 is 9.62 Å². The number of rotatable bonds is 10. The molecule has 0 aliphatic heterocycles. The molecule has 1 N–H and O–H groups in total. The van der Waals surface area contributed by atoms with Gasteiger partial charge in [0.05, 0.1) is 5.69 Å². The van der Waals surface area contributed by atoms with E-state index in [-0.39, 0.29) is 24.2 Å². The third kappa shape index (κ3) is 7.25. The highest BCUT2D eigenvalue weighted by Crippen LogP contribution is 2.22. The SMILES string of the molecule is CC(C)NC(=O)[C@H](C)N(Cc1cccc(Br)c1)C(=O)CN(c1ccc(F)cc1)S(=O)(=O)N(C)C. The first-order valence-corrected chi connectivity index (χ1v) is 12.8. The van der Waals surface area contributed by atoms with Crippen LogP contribution in [0.25, 0.3) is 0 Å². The van der Waals surface area contributed by atoms with E-state index in [4.69, 9.17) is 0 Å². The van der Waals surface area contributed by atoms with Gasteiger partial charge in [-0.3, -0.25) is 9.59 Å². The van der Waals surface area contributed by atoms with Gasteiger partial charge in [0.1, 0.15) is 18.4 Å². The van der Waals surface area contributed by atoms with Gasteiger partial charge in [0.15, 0.2) is 0 Å². The fourth-order valence-corrected chi connectivity index (χ4v) is 4.65. The maximum atomic E-state index is 13.5. The molecule has 0 heterocycles. The average molecular weight is 557 g/mol. The fourth-order valence-electron chi connectivity index (χ4n) is 3.14. The molecule has 8 nitrogen and oxygen atoms in total. The number of nitrogens with zero attached hydrogens (tertiary/aromatic N) is 3. The molecule has 2 aromatic carbocycles. The molecular formula is C23H30BrFN4O4S. The van der Waals surface area contributed by atoms with E-state index in [9.17, 15) is 22.4 Å². The molecule has 0 spiro atoms. The van der Waals surface area contributed by atoms with Crippen molar-refractivity contribution in [1.82, 2.24) is 14.5 Å². The Labute approximate surface area is 209 Å². The molecule has 0 saturated carbocycles. The van der Waals surface area contributed by atoms with Crippen LogP contribution in [0.4, 0.5) is 10.1 Å². The monoisotopic (exact) mass is 556 g/mol. The summed E-state index contributed by atoms with van der Waals surface area (Å²) < 4.78 is 42.2. The molecule has 2 aromatic rings. The molecule has 0 bridgehead atoms. The van der Waals surface area contributed by atoms with Gasteiger partial charge in [-0.1, -0.05) is 28.1 Å². The van der Waals surface area contributed by atoms with E-state index in [0.717, 1.165) is 30.8 Å². The van der Waals surface area contributed by atoms with Crippen molar-refractivity contribution in [2.24, 2.45) is 0 Å². The number of nitrogens with one attached hydrogen (secondary N) is 1. The van der Waals surface area contributed by atoms with Crippen LogP contribution in [0, 0.1) is 5.82 Å². The molecular weight excluding hydrogens is 527 g/mol. The normalized spacial score (nSPS) is 12.5. The van der Waals surface area contributed by atoms with Crippen molar-refractivity contribution in [2.75, 3.05) is 24.9 Å². The lowest BCUT2D eigenvalue weighted by molar-refractivity contribution is -0.139. The van der Waals surface area contributed by atoms with Crippen LogP contribution >= 0.6 is 15.9 Å². The third-order valence-electron chi connectivity index (χ3n) is 4.97. The van der Waals surface area contributed by atoms with Gasteiger partial charge in [-0.2, -0.15) is 12.7 Å². The Bertz CT molecular complexity index is 1110. The number of hydrogen-bond acceptors (Lipinski definition) is 4. The van der Waals surface area contributed by atoms with Crippen LogP contribution in [0.2, 0.25) is 0 Å². The van der Waals surface area contributed by atoms with Gasteiger partial charge in [0, 0.05) is 31.2 Å². The maximum Gasteiger partial charge on any atom is 0.304 e. The molecule has 0 radical (unpaired) electrons. The fraction of sp³-hybridized carbons (Fsp3) is 0.391. The summed E-state index contributed by atoms with van der Waals surface area (Å²) in [6.45, 7) is 4.73. The molecule has 0 fully saturated rings. The molecule has 34 heavy (non-hydrogen) atoms. The van der Waals surface area contributed by atoms with Crippen LogP contribution in [0.15, 0.2) is 53.0 Å². The number of halogens is 2. The number of carbonyl (C=O) groups excluding carboxylic acids is 2. The summed E-state index contributed by atoms with van der Waals surface area (Å²) >= 11 is 3.40. The van der Waals surface area contributed by atoms with Gasteiger partial charge in [-0.25, -0.2) is 8.70 Å². The lowest BCUT2D eigenvalue weighted by atomic mass is 10.1. The summed E-state index contributed by atoms with van der Waals surface area (Å²) in [7, 11) is -1.41. The van der Waals surface area contributed by atoms with Crippen LogP contribution in [0.3, 0.4) is 0 Å². The molecule has 2 rings (SSSR count). The largest absolute Gasteiger partial charge is 0.352 e. The van der Waals surface area contributed by atoms with Crippen LogP contribution in [0.5, 0.6) is 0 Å². The quantitative estimate of drug-likeness (QED) is 0.486. The van der Waals surface area contributed by atoms with Gasteiger partial charge in [-0.15, -0.1) is 0 Å². The summed E-state index contributed by atoms with van der Waals surface area (Å²) in [5, 5.41) is 2.79. The van der Waals surface area contributed by atoms with Crippen molar-refractivity contribution in [3.8, 4) is 0 Å². The van der Waals surface area contributed by atoms with Crippen LogP contribution in [-0.4, -0.2) is 62.2 Å². The van der Waals surface area contributed by atoms with Gasteiger partial charge >= 0.3 is 10.2 Å². The van der Waals surface area contributed by atoms with Crippen LogP contribution in [-0.2, 0) is 26.3 Å². The minimum absolute atomic E-state index is 0.0875. The van der Waals surface area contributed by atoms with Crippen molar-refractivity contribution in [3.05, 3.63) is 64.4 Å². The zero-order valence-electron chi connectivity index (χ0n) is 19.8. The Kier molecular flexibility index (Phi) is 9.60. The number of amides is 2. The molecule has 0 aromatic heterocycles. The second kappa shape index (κ2) is 11.8. The van der Waals surface area contributed by atoms with E-state index >= 15 is 0 Å². The molecule has 11 heteroatoms. The lowest BCUT2D eigenvalue weighted by Gasteiger charge is -2.33. The zero-order valence-corrected chi connectivity index (χ0v) is 22.2. The predicted molar refractivity (Wildman–Crippen MR) is 134 cm³/mol. The first-order chi connectivity index (χ1) is 15.8. The van der Waals surface area contributed by atoms with E-state index in [1.54, 1.807) is 6.92 Å². The van der Waals surface area contributed by atoms with E-state index < -0.39 is 34.5 Å². The predicted octanol–water partition coefficient (Wildman–Crippen LogP) is 3.14. The average Bonchev–Trinajstić information content (AvgIpc) is 2.75. The number of carbonyl (C=O) groups is 2. The Morgan fingerprint density at radius 2 is 1.68 bits per heavy atom. The van der Waals surface area contributed by atoms with Crippen molar-refractivity contribution in [2.45, 2.75) is 39.4 Å². The van der Waals surface area contributed by atoms with E-state index in [0.29, 0.717) is 0 Å². The van der Waals surface area contributed by atoms with E-state index in [1.165, 1.54) is 31.1 Å². The molecule has 186 valence electrons.